The van der Waals surface area contributed by atoms with Crippen molar-refractivity contribution >= 4 is 28.5 Å². The van der Waals surface area contributed by atoms with E-state index in [4.69, 9.17) is 18.9 Å². The first-order chi connectivity index (χ1) is 20.2. The Bertz CT molecular complexity index is 1650. The van der Waals surface area contributed by atoms with Crippen LogP contribution < -0.4 is 19.5 Å². The van der Waals surface area contributed by atoms with E-state index in [2.05, 4.69) is 10.3 Å². The maximum Gasteiger partial charge on any atom is 0.416 e. The van der Waals surface area contributed by atoms with Crippen LogP contribution in [0.4, 0.5) is 23.2 Å². The number of halogens is 4. The Morgan fingerprint density at radius 3 is 2.07 bits per heavy atom. The normalized spacial score (nSPS) is 12.4. The van der Waals surface area contributed by atoms with E-state index in [0.717, 1.165) is 30.3 Å². The van der Waals surface area contributed by atoms with Crippen LogP contribution in [0.25, 0.3) is 10.9 Å². The molecule has 0 aliphatic carbocycles. The number of nitrogens with zero attached hydrogens (tertiary/aromatic N) is 1. The summed E-state index contributed by atoms with van der Waals surface area (Å²) in [6.07, 6.45) is -4.44. The van der Waals surface area contributed by atoms with Crippen LogP contribution in [0.5, 0.6) is 23.0 Å². The molecule has 226 valence electrons. The second kappa shape index (κ2) is 12.2. The molecular weight excluding hydrogens is 572 g/mol. The van der Waals surface area contributed by atoms with Crippen molar-refractivity contribution in [1.82, 2.24) is 4.98 Å². The van der Waals surface area contributed by atoms with Gasteiger partial charge in [-0.25, -0.2) is 9.18 Å². The number of esters is 1. The average molecular weight is 601 g/mol. The van der Waals surface area contributed by atoms with Gasteiger partial charge in [0.05, 0.1) is 30.9 Å². The number of ether oxygens (including phenoxy) is 4. The zero-order chi connectivity index (χ0) is 31.5. The van der Waals surface area contributed by atoms with Gasteiger partial charge in [-0.2, -0.15) is 13.2 Å². The number of hydrogen-bond donors (Lipinski definition) is 1. The van der Waals surface area contributed by atoms with Gasteiger partial charge in [0, 0.05) is 34.8 Å². The van der Waals surface area contributed by atoms with Crippen LogP contribution in [0, 0.1) is 11.2 Å². The van der Waals surface area contributed by atoms with Gasteiger partial charge in [0.2, 0.25) is 0 Å². The number of aromatic nitrogens is 1. The smallest absolute Gasteiger partial charge is 0.416 e. The van der Waals surface area contributed by atoms with Crippen LogP contribution in [0.1, 0.15) is 36.7 Å². The monoisotopic (exact) mass is 600 g/mol. The Morgan fingerprint density at radius 1 is 0.837 bits per heavy atom. The van der Waals surface area contributed by atoms with Gasteiger partial charge >= 0.3 is 12.1 Å². The van der Waals surface area contributed by atoms with Gasteiger partial charge in [0.15, 0.2) is 29.2 Å². The standard InChI is InChI=1S/C31H28F4N2O6/c1-30(2,3)27(43-29(39)17-6-8-18(9-7-17)31(33,34)35)28(38)37-19-10-11-24(21(32)14-19)42-23-12-13-36-22-16-26(41-5)25(40-4)15-20(22)23/h6-16,27H,1-5H3,(H,37,38). The molecule has 12 heteroatoms. The molecule has 1 heterocycles. The summed E-state index contributed by atoms with van der Waals surface area (Å²) in [5.74, 6) is -1.49. The zero-order valence-electron chi connectivity index (χ0n) is 23.8. The molecular formula is C31H28F4N2O6. The predicted molar refractivity (Wildman–Crippen MR) is 150 cm³/mol. The molecule has 0 aliphatic heterocycles. The molecule has 1 amide bonds. The van der Waals surface area contributed by atoms with Crippen LogP contribution in [0.15, 0.2) is 66.9 Å². The van der Waals surface area contributed by atoms with Crippen LogP contribution in [-0.4, -0.2) is 37.2 Å². The lowest BCUT2D eigenvalue weighted by Gasteiger charge is -2.29. The van der Waals surface area contributed by atoms with E-state index in [9.17, 15) is 22.8 Å². The Labute approximate surface area is 244 Å². The summed E-state index contributed by atoms with van der Waals surface area (Å²) >= 11 is 0. The van der Waals surface area contributed by atoms with Gasteiger partial charge in [-0.15, -0.1) is 0 Å². The predicted octanol–water partition coefficient (Wildman–Crippen LogP) is 7.41. The topological polar surface area (TPSA) is 96.0 Å². The van der Waals surface area contributed by atoms with Crippen LogP contribution in [0.2, 0.25) is 0 Å². The van der Waals surface area contributed by atoms with Crippen molar-refractivity contribution in [3.05, 3.63) is 83.8 Å². The molecule has 0 radical (unpaired) electrons. The highest BCUT2D eigenvalue weighted by Crippen LogP contribution is 2.38. The number of benzene rings is 3. The Balaban J connectivity index is 1.51. The molecule has 0 fully saturated rings. The van der Waals surface area contributed by atoms with Crippen molar-refractivity contribution in [1.29, 1.82) is 0 Å². The van der Waals surface area contributed by atoms with E-state index in [0.29, 0.717) is 28.2 Å². The van der Waals surface area contributed by atoms with Crippen molar-refractivity contribution in [2.24, 2.45) is 5.41 Å². The lowest BCUT2D eigenvalue weighted by molar-refractivity contribution is -0.137. The van der Waals surface area contributed by atoms with Gasteiger partial charge in [-0.1, -0.05) is 20.8 Å². The van der Waals surface area contributed by atoms with Gasteiger partial charge in [-0.3, -0.25) is 9.78 Å². The first kappa shape index (κ1) is 31.1. The lowest BCUT2D eigenvalue weighted by atomic mass is 9.88. The number of pyridine rings is 1. The molecule has 43 heavy (non-hydrogen) atoms. The maximum absolute atomic E-state index is 15.1. The van der Waals surface area contributed by atoms with Gasteiger partial charge in [0.1, 0.15) is 5.75 Å². The Morgan fingerprint density at radius 2 is 1.49 bits per heavy atom. The maximum atomic E-state index is 15.1. The highest BCUT2D eigenvalue weighted by molar-refractivity contribution is 5.98. The van der Waals surface area contributed by atoms with Crippen molar-refractivity contribution in [3.8, 4) is 23.0 Å². The number of alkyl halides is 3. The molecule has 1 atom stereocenters. The van der Waals surface area contributed by atoms with Crippen LogP contribution in [0.3, 0.4) is 0 Å². The number of carbonyl (C=O) groups is 2. The summed E-state index contributed by atoms with van der Waals surface area (Å²) in [5, 5.41) is 3.06. The van der Waals surface area contributed by atoms with E-state index in [-0.39, 0.29) is 17.0 Å². The molecule has 1 aromatic heterocycles. The quantitative estimate of drug-likeness (QED) is 0.166. The van der Waals surface area contributed by atoms with E-state index in [1.807, 2.05) is 0 Å². The van der Waals surface area contributed by atoms with Crippen molar-refractivity contribution in [2.75, 3.05) is 19.5 Å². The summed E-state index contributed by atoms with van der Waals surface area (Å²) in [6.45, 7) is 4.91. The second-order valence-electron chi connectivity index (χ2n) is 10.5. The first-order valence-electron chi connectivity index (χ1n) is 12.9. The SMILES string of the molecule is COc1cc2nccc(Oc3ccc(NC(=O)C(OC(=O)c4ccc(C(F)(F)F)cc4)C(C)(C)C)cc3F)c2cc1OC. The molecule has 4 rings (SSSR count). The number of hydrogen-bond acceptors (Lipinski definition) is 7. The molecule has 1 unspecified atom stereocenters. The molecule has 3 aromatic carbocycles. The molecule has 0 spiro atoms. The number of carbonyl (C=O) groups excluding carboxylic acids is 2. The van der Waals surface area contributed by atoms with E-state index in [1.54, 1.807) is 39.0 Å². The van der Waals surface area contributed by atoms with Crippen molar-refractivity contribution < 1.29 is 46.1 Å². The average Bonchev–Trinajstić information content (AvgIpc) is 2.95. The summed E-state index contributed by atoms with van der Waals surface area (Å²) in [6, 6.07) is 12.1. The van der Waals surface area contributed by atoms with Gasteiger partial charge in [0.25, 0.3) is 5.91 Å². The summed E-state index contributed by atoms with van der Waals surface area (Å²) in [4.78, 5) is 30.1. The van der Waals surface area contributed by atoms with Crippen LogP contribution >= 0.6 is 0 Å². The fraction of sp³-hybridized carbons (Fsp3) is 0.258. The molecule has 1 N–H and O–H groups in total. The third-order valence-electron chi connectivity index (χ3n) is 6.32. The van der Waals surface area contributed by atoms with E-state index >= 15 is 4.39 Å². The van der Waals surface area contributed by atoms with Crippen molar-refractivity contribution in [2.45, 2.75) is 33.1 Å². The molecule has 0 bridgehead atoms. The summed E-state index contributed by atoms with van der Waals surface area (Å²) < 4.78 is 75.6. The van der Waals surface area contributed by atoms with Gasteiger partial charge in [-0.05, 0) is 48.5 Å². The summed E-state index contributed by atoms with van der Waals surface area (Å²) in [7, 11) is 2.97. The minimum atomic E-state index is -4.57. The molecule has 0 saturated carbocycles. The number of anilines is 1. The molecule has 0 aliphatic rings. The molecule has 0 saturated heterocycles. The zero-order valence-corrected chi connectivity index (χ0v) is 23.8. The second-order valence-corrected chi connectivity index (χ2v) is 10.5. The number of nitrogens with one attached hydrogen (secondary N) is 1. The molecule has 4 aromatic rings. The number of rotatable bonds is 8. The van der Waals surface area contributed by atoms with E-state index in [1.165, 1.54) is 32.5 Å². The Kier molecular flexibility index (Phi) is 8.79. The molecule has 8 nitrogen and oxygen atoms in total. The minimum Gasteiger partial charge on any atom is -0.493 e. The fourth-order valence-electron chi connectivity index (χ4n) is 4.12. The first-order valence-corrected chi connectivity index (χ1v) is 12.9. The largest absolute Gasteiger partial charge is 0.493 e. The summed E-state index contributed by atoms with van der Waals surface area (Å²) in [5.41, 5.74) is -1.43. The number of fused-ring (bicyclic) bond motifs is 1. The minimum absolute atomic E-state index is 0.0562. The van der Waals surface area contributed by atoms with Crippen molar-refractivity contribution in [3.63, 3.8) is 0 Å². The third-order valence-corrected chi connectivity index (χ3v) is 6.32. The lowest BCUT2D eigenvalue weighted by Crippen LogP contribution is -2.42. The number of amides is 1. The highest BCUT2D eigenvalue weighted by Gasteiger charge is 2.36. The third kappa shape index (κ3) is 7.14. The van der Waals surface area contributed by atoms with E-state index < -0.39 is 41.0 Å². The Hall–Kier alpha value is -4.87. The van der Waals surface area contributed by atoms with Gasteiger partial charge < -0.3 is 24.3 Å². The highest BCUT2D eigenvalue weighted by atomic mass is 19.4. The van der Waals surface area contributed by atoms with Crippen LogP contribution in [-0.2, 0) is 15.7 Å². The number of methoxy groups -OCH3 is 2. The fourth-order valence-corrected chi connectivity index (χ4v) is 4.12.